The van der Waals surface area contributed by atoms with E-state index in [0.717, 1.165) is 55.8 Å². The van der Waals surface area contributed by atoms with Crippen molar-refractivity contribution in [2.24, 2.45) is 7.05 Å². The molecule has 7 nitrogen and oxygen atoms in total. The van der Waals surface area contributed by atoms with Crippen molar-refractivity contribution in [3.8, 4) is 0 Å². The molecule has 0 unspecified atom stereocenters. The standard InChI is InChI=1S/C22H31N5O2/c1-16-7-3-6-10-19(16)23-20(28)15-26-13-11-17(12-14-26)21-24-25(2)22(29)27(21)18-8-4-5-9-18/h3,6-7,10,17-18H,4-5,8-9,11-15H2,1-2H3,(H,23,28). The minimum atomic E-state index is 0.0203. The van der Waals surface area contributed by atoms with Crippen molar-refractivity contribution in [1.29, 1.82) is 0 Å². The molecule has 1 saturated heterocycles. The lowest BCUT2D eigenvalue weighted by molar-refractivity contribution is -0.117. The lowest BCUT2D eigenvalue weighted by Gasteiger charge is -2.31. The van der Waals surface area contributed by atoms with Gasteiger partial charge in [-0.25, -0.2) is 9.48 Å². The van der Waals surface area contributed by atoms with Crippen LogP contribution in [0.15, 0.2) is 29.1 Å². The van der Waals surface area contributed by atoms with Crippen molar-refractivity contribution in [3.05, 3.63) is 46.1 Å². The van der Waals surface area contributed by atoms with Gasteiger partial charge in [0.15, 0.2) is 0 Å². The molecule has 7 heteroatoms. The van der Waals surface area contributed by atoms with E-state index in [4.69, 9.17) is 0 Å². The van der Waals surface area contributed by atoms with Gasteiger partial charge in [-0.15, -0.1) is 0 Å². The molecule has 1 aliphatic carbocycles. The zero-order chi connectivity index (χ0) is 20.4. The van der Waals surface area contributed by atoms with Crippen LogP contribution in [0.2, 0.25) is 0 Å². The lowest BCUT2D eigenvalue weighted by atomic mass is 9.95. The molecule has 2 fully saturated rings. The van der Waals surface area contributed by atoms with Gasteiger partial charge in [-0.05, 0) is 57.3 Å². The molecule has 0 bridgehead atoms. The topological polar surface area (TPSA) is 72.2 Å². The first-order valence-corrected chi connectivity index (χ1v) is 10.8. The summed E-state index contributed by atoms with van der Waals surface area (Å²) >= 11 is 0. The van der Waals surface area contributed by atoms with E-state index in [-0.39, 0.29) is 11.6 Å². The summed E-state index contributed by atoms with van der Waals surface area (Å²) in [5.74, 6) is 1.27. The molecule has 2 heterocycles. The van der Waals surface area contributed by atoms with Crippen LogP contribution in [0.3, 0.4) is 0 Å². The van der Waals surface area contributed by atoms with Crippen molar-refractivity contribution >= 4 is 11.6 Å². The summed E-state index contributed by atoms with van der Waals surface area (Å²) in [4.78, 5) is 27.3. The number of aromatic nitrogens is 3. The molecular formula is C22H31N5O2. The van der Waals surface area contributed by atoms with Crippen molar-refractivity contribution in [3.63, 3.8) is 0 Å². The zero-order valence-corrected chi connectivity index (χ0v) is 17.4. The molecule has 0 atom stereocenters. The third-order valence-corrected chi connectivity index (χ3v) is 6.41. The maximum Gasteiger partial charge on any atom is 0.345 e. The van der Waals surface area contributed by atoms with Gasteiger partial charge in [0.2, 0.25) is 5.91 Å². The van der Waals surface area contributed by atoms with Crippen LogP contribution < -0.4 is 11.0 Å². The number of carbonyl (C=O) groups is 1. The van der Waals surface area contributed by atoms with Crippen molar-refractivity contribution in [1.82, 2.24) is 19.2 Å². The van der Waals surface area contributed by atoms with Gasteiger partial charge in [0, 0.05) is 24.7 Å². The number of piperidine rings is 1. The second-order valence-electron chi connectivity index (χ2n) is 8.49. The zero-order valence-electron chi connectivity index (χ0n) is 17.4. The normalized spacial score (nSPS) is 19.0. The third kappa shape index (κ3) is 4.29. The molecule has 1 aromatic carbocycles. The Morgan fingerprint density at radius 3 is 2.52 bits per heavy atom. The first-order chi connectivity index (χ1) is 14.0. The number of likely N-dealkylation sites (tertiary alicyclic amines) is 1. The Hall–Kier alpha value is -2.41. The van der Waals surface area contributed by atoms with E-state index < -0.39 is 0 Å². The quantitative estimate of drug-likeness (QED) is 0.842. The fraction of sp³-hybridized carbons (Fsp3) is 0.591. The Kier molecular flexibility index (Phi) is 5.85. The number of nitrogens with one attached hydrogen (secondary N) is 1. The maximum atomic E-state index is 12.6. The van der Waals surface area contributed by atoms with Crippen LogP contribution in [0.25, 0.3) is 0 Å². The number of benzene rings is 1. The van der Waals surface area contributed by atoms with Crippen molar-refractivity contribution < 1.29 is 4.79 Å². The number of rotatable bonds is 5. The van der Waals surface area contributed by atoms with E-state index in [2.05, 4.69) is 15.3 Å². The fourth-order valence-corrected chi connectivity index (χ4v) is 4.74. The van der Waals surface area contributed by atoms with Crippen LogP contribution in [0.5, 0.6) is 0 Å². The molecule has 0 radical (unpaired) electrons. The molecular weight excluding hydrogens is 366 g/mol. The van der Waals surface area contributed by atoms with Crippen LogP contribution in [-0.2, 0) is 11.8 Å². The molecule has 29 heavy (non-hydrogen) atoms. The molecule has 4 rings (SSSR count). The number of aryl methyl sites for hydroxylation is 2. The van der Waals surface area contributed by atoms with Gasteiger partial charge in [0.1, 0.15) is 5.82 Å². The molecule has 1 saturated carbocycles. The number of hydrogen-bond donors (Lipinski definition) is 1. The minimum Gasteiger partial charge on any atom is -0.325 e. The summed E-state index contributed by atoms with van der Waals surface area (Å²) in [5, 5.41) is 7.61. The van der Waals surface area contributed by atoms with Crippen LogP contribution in [0, 0.1) is 6.92 Å². The first-order valence-electron chi connectivity index (χ1n) is 10.8. The molecule has 0 spiro atoms. The summed E-state index contributed by atoms with van der Waals surface area (Å²) < 4.78 is 3.47. The Balaban J connectivity index is 1.36. The number of carbonyl (C=O) groups excluding carboxylic acids is 1. The van der Waals surface area contributed by atoms with E-state index in [9.17, 15) is 9.59 Å². The molecule has 1 N–H and O–H groups in total. The highest BCUT2D eigenvalue weighted by atomic mass is 16.2. The van der Waals surface area contributed by atoms with Crippen LogP contribution in [0.4, 0.5) is 5.69 Å². The number of para-hydroxylation sites is 1. The fourth-order valence-electron chi connectivity index (χ4n) is 4.74. The number of anilines is 1. The van der Waals surface area contributed by atoms with Crippen LogP contribution in [-0.4, -0.2) is 44.8 Å². The maximum absolute atomic E-state index is 12.6. The molecule has 1 aliphatic heterocycles. The molecule has 2 aliphatic rings. The number of hydrogen-bond acceptors (Lipinski definition) is 4. The molecule has 156 valence electrons. The average molecular weight is 398 g/mol. The summed E-state index contributed by atoms with van der Waals surface area (Å²) in [5.41, 5.74) is 1.97. The highest BCUT2D eigenvalue weighted by Gasteiger charge is 2.30. The van der Waals surface area contributed by atoms with Crippen LogP contribution in [0.1, 0.15) is 61.9 Å². The van der Waals surface area contributed by atoms with E-state index in [1.54, 1.807) is 7.05 Å². The van der Waals surface area contributed by atoms with Crippen molar-refractivity contribution in [2.45, 2.75) is 57.4 Å². The van der Waals surface area contributed by atoms with Gasteiger partial charge in [-0.1, -0.05) is 31.0 Å². The van der Waals surface area contributed by atoms with Gasteiger partial charge in [-0.3, -0.25) is 14.3 Å². The summed E-state index contributed by atoms with van der Waals surface area (Å²) in [6.45, 7) is 4.10. The first kappa shape index (κ1) is 19.9. The SMILES string of the molecule is Cc1ccccc1NC(=O)CN1CCC(c2nn(C)c(=O)n2C2CCCC2)CC1. The third-order valence-electron chi connectivity index (χ3n) is 6.41. The van der Waals surface area contributed by atoms with E-state index >= 15 is 0 Å². The van der Waals surface area contributed by atoms with Gasteiger partial charge < -0.3 is 5.32 Å². The highest BCUT2D eigenvalue weighted by Crippen LogP contribution is 2.33. The predicted octanol–water partition coefficient (Wildman–Crippen LogP) is 2.82. The predicted molar refractivity (Wildman–Crippen MR) is 113 cm³/mol. The van der Waals surface area contributed by atoms with E-state index in [1.165, 1.54) is 17.5 Å². The largest absolute Gasteiger partial charge is 0.345 e. The lowest BCUT2D eigenvalue weighted by Crippen LogP contribution is -2.39. The Bertz CT molecular complexity index is 918. The van der Waals surface area contributed by atoms with E-state index in [0.29, 0.717) is 18.5 Å². The van der Waals surface area contributed by atoms with Gasteiger partial charge >= 0.3 is 5.69 Å². The van der Waals surface area contributed by atoms with Gasteiger partial charge in [-0.2, -0.15) is 5.10 Å². The van der Waals surface area contributed by atoms with Crippen molar-refractivity contribution in [2.75, 3.05) is 25.0 Å². The summed E-state index contributed by atoms with van der Waals surface area (Å²) in [6.07, 6.45) is 6.41. The molecule has 2 aromatic rings. The van der Waals surface area contributed by atoms with Gasteiger partial charge in [0.05, 0.1) is 6.54 Å². The number of nitrogens with zero attached hydrogens (tertiary/aromatic N) is 4. The monoisotopic (exact) mass is 397 g/mol. The van der Waals surface area contributed by atoms with E-state index in [1.807, 2.05) is 35.8 Å². The Morgan fingerprint density at radius 1 is 1.14 bits per heavy atom. The molecule has 1 amide bonds. The minimum absolute atomic E-state index is 0.0203. The van der Waals surface area contributed by atoms with Gasteiger partial charge in [0.25, 0.3) is 0 Å². The second-order valence-corrected chi connectivity index (χ2v) is 8.49. The average Bonchev–Trinajstić information content (AvgIpc) is 3.33. The highest BCUT2D eigenvalue weighted by molar-refractivity contribution is 5.92. The smallest absolute Gasteiger partial charge is 0.325 e. The second kappa shape index (κ2) is 8.53. The Labute approximate surface area is 171 Å². The molecule has 1 aromatic heterocycles. The summed E-state index contributed by atoms with van der Waals surface area (Å²) in [6, 6.07) is 8.15. The summed E-state index contributed by atoms with van der Waals surface area (Å²) in [7, 11) is 1.75. The van der Waals surface area contributed by atoms with Crippen LogP contribution >= 0.6 is 0 Å². The number of amides is 1. The Morgan fingerprint density at radius 2 is 1.83 bits per heavy atom.